The number of hydrogen-bond donors (Lipinski definition) is 6. The van der Waals surface area contributed by atoms with Crippen LogP contribution in [0.2, 0.25) is 0 Å². The van der Waals surface area contributed by atoms with Crippen molar-refractivity contribution in [2.24, 2.45) is 0 Å². The van der Waals surface area contributed by atoms with Gasteiger partial charge in [0.05, 0.1) is 6.61 Å². The number of ether oxygens (including phenoxy) is 1. The van der Waals surface area contributed by atoms with Gasteiger partial charge < -0.3 is 35.4 Å². The molecule has 0 aromatic carbocycles. The zero-order chi connectivity index (χ0) is 25.6. The lowest BCUT2D eigenvalue weighted by Crippen LogP contribution is -2.58. The van der Waals surface area contributed by atoms with Gasteiger partial charge in [-0.25, -0.2) is 0 Å². The largest absolute Gasteiger partial charge is 0.481 e. The van der Waals surface area contributed by atoms with Gasteiger partial charge in [-0.1, -0.05) is 68.4 Å². The molecular weight excluding hydrogens is 440 g/mol. The molecule has 0 aromatic rings. The van der Waals surface area contributed by atoms with E-state index < -0.39 is 43.3 Å². The quantitative estimate of drug-likeness (QED) is 0.154. The number of carboxylic acids is 1. The minimum Gasteiger partial charge on any atom is -0.481 e. The second-order valence-electron chi connectivity index (χ2n) is 8.09. The Kier molecular flexibility index (Phi) is 20.5. The highest BCUT2D eigenvalue weighted by atomic mass is 16.6. The number of rotatable bonds is 15. The van der Waals surface area contributed by atoms with E-state index in [-0.39, 0.29) is 6.42 Å². The molecule has 1 saturated heterocycles. The van der Waals surface area contributed by atoms with Crippen LogP contribution < -0.4 is 0 Å². The molecule has 5 atom stereocenters. The third-order valence-electron chi connectivity index (χ3n) is 5.09. The molecule has 0 unspecified atom stereocenters. The summed E-state index contributed by atoms with van der Waals surface area (Å²) in [4.78, 5) is 10.3. The van der Waals surface area contributed by atoms with Gasteiger partial charge in [0.25, 0.3) is 0 Å². The smallest absolute Gasteiger partial charge is 0.303 e. The molecule has 6 N–H and O–H groups in total. The van der Waals surface area contributed by atoms with Crippen LogP contribution in [0.4, 0.5) is 0 Å². The average molecular weight is 485 g/mol. The first-order valence-electron chi connectivity index (χ1n) is 12.1. The summed E-state index contributed by atoms with van der Waals surface area (Å²) >= 11 is 0. The Hall–Kier alpha value is -1.81. The van der Waals surface area contributed by atoms with Crippen LogP contribution >= 0.6 is 0 Å². The molecule has 1 rings (SSSR count). The fraction of sp³-hybridized carbons (Fsp3) is 0.654. The maximum atomic E-state index is 10.3. The van der Waals surface area contributed by atoms with Crippen molar-refractivity contribution in [3.05, 3.63) is 48.6 Å². The van der Waals surface area contributed by atoms with Crippen molar-refractivity contribution in [3.63, 3.8) is 0 Å². The molecule has 1 aliphatic rings. The van der Waals surface area contributed by atoms with Gasteiger partial charge in [-0.2, -0.15) is 0 Å². The fourth-order valence-electron chi connectivity index (χ4n) is 3.01. The minimum absolute atomic E-state index is 0.262. The zero-order valence-electron chi connectivity index (χ0n) is 20.3. The molecule has 196 valence electrons. The summed E-state index contributed by atoms with van der Waals surface area (Å²) in [5.41, 5.74) is 0. The molecule has 8 heteroatoms. The number of aliphatic hydroxyl groups excluding tert-OH is 5. The van der Waals surface area contributed by atoms with E-state index in [2.05, 4.69) is 60.3 Å². The van der Waals surface area contributed by atoms with E-state index >= 15 is 0 Å². The van der Waals surface area contributed by atoms with Gasteiger partial charge >= 0.3 is 5.97 Å². The molecule has 1 fully saturated rings. The lowest BCUT2D eigenvalue weighted by molar-refractivity contribution is -0.286. The van der Waals surface area contributed by atoms with Gasteiger partial charge in [0.2, 0.25) is 0 Å². The highest BCUT2D eigenvalue weighted by Gasteiger charge is 2.42. The Morgan fingerprint density at radius 2 is 1.24 bits per heavy atom. The number of hydrogen-bond acceptors (Lipinski definition) is 7. The van der Waals surface area contributed by atoms with Gasteiger partial charge in [-0.15, -0.1) is 0 Å². The van der Waals surface area contributed by atoms with Crippen molar-refractivity contribution in [2.75, 3.05) is 6.61 Å². The normalized spacial score (nSPS) is 25.4. The van der Waals surface area contributed by atoms with E-state index in [4.69, 9.17) is 30.6 Å². The molecule has 1 aliphatic heterocycles. The number of aliphatic hydroxyl groups is 5. The highest BCUT2D eigenvalue weighted by molar-refractivity contribution is 5.66. The third kappa shape index (κ3) is 16.7. The molecule has 0 aliphatic carbocycles. The number of aliphatic carboxylic acids is 1. The fourth-order valence-corrected chi connectivity index (χ4v) is 3.01. The van der Waals surface area contributed by atoms with Gasteiger partial charge in [0.1, 0.15) is 24.4 Å². The Bertz CT molecular complexity index is 609. The lowest BCUT2D eigenvalue weighted by Gasteiger charge is -2.37. The summed E-state index contributed by atoms with van der Waals surface area (Å²) in [7, 11) is 0. The van der Waals surface area contributed by atoms with Crippen molar-refractivity contribution in [2.45, 2.75) is 102 Å². The molecule has 0 spiro atoms. The molecule has 0 bridgehead atoms. The van der Waals surface area contributed by atoms with Gasteiger partial charge in [-0.3, -0.25) is 4.79 Å². The number of carboxylic acid groups (broad SMARTS) is 1. The van der Waals surface area contributed by atoms with E-state index in [1.54, 1.807) is 0 Å². The molecule has 1 heterocycles. The summed E-state index contributed by atoms with van der Waals surface area (Å²) < 4.78 is 4.58. The van der Waals surface area contributed by atoms with Gasteiger partial charge in [-0.05, 0) is 44.9 Å². The monoisotopic (exact) mass is 484 g/mol. The van der Waals surface area contributed by atoms with Crippen LogP contribution in [0, 0.1) is 0 Å². The third-order valence-corrected chi connectivity index (χ3v) is 5.09. The summed E-state index contributed by atoms with van der Waals surface area (Å²) in [6.45, 7) is 1.71. The van der Waals surface area contributed by atoms with Crippen molar-refractivity contribution in [1.29, 1.82) is 0 Å². The lowest BCUT2D eigenvalue weighted by atomic mass is 10.00. The van der Waals surface area contributed by atoms with Crippen LogP contribution in [0.1, 0.15) is 71.1 Å². The van der Waals surface area contributed by atoms with E-state index in [1.165, 1.54) is 25.7 Å². The first-order chi connectivity index (χ1) is 16.3. The summed E-state index contributed by atoms with van der Waals surface area (Å²) in [5.74, 6) is -0.712. The van der Waals surface area contributed by atoms with Crippen LogP contribution in [0.15, 0.2) is 48.6 Å². The first kappa shape index (κ1) is 32.2. The Morgan fingerprint density at radius 1 is 0.735 bits per heavy atom. The van der Waals surface area contributed by atoms with Crippen LogP contribution in [0.3, 0.4) is 0 Å². The van der Waals surface area contributed by atoms with Gasteiger partial charge in [0, 0.05) is 6.42 Å². The Balaban J connectivity index is 0.000000757. The SMILES string of the molecule is CCCCC/C=C/C/C=C/C/C=C/C/C=C/CCCC(=O)O.OC[C@H]1O[C@H](O)[C@H](O)[C@@H](O)[C@H]1O. The minimum atomic E-state index is -1.57. The molecule has 8 nitrogen and oxygen atoms in total. The van der Waals surface area contributed by atoms with E-state index in [9.17, 15) is 4.79 Å². The standard InChI is InChI=1S/C20H32O2.C6H12O6/c1-2-3-4-5-6-7-8-9-10-11-12-13-14-15-16-17-18-19-20(21)22;7-1-2-3(8)4(9)5(10)6(11)12-2/h6-7,9-10,12-13,15-16H,2-5,8,11,14,17-19H2,1H3,(H,21,22);2-11H,1H2/b7-6+,10-9+,13-12+,16-15+;/t;2-,3+,4+,5-,6+/m.1/s1. The maximum absolute atomic E-state index is 10.3. The van der Waals surface area contributed by atoms with Crippen LogP contribution in [-0.2, 0) is 9.53 Å². The molecule has 34 heavy (non-hydrogen) atoms. The molecule has 0 aromatic heterocycles. The van der Waals surface area contributed by atoms with Crippen LogP contribution in [0.5, 0.6) is 0 Å². The summed E-state index contributed by atoms with van der Waals surface area (Å²) in [6, 6.07) is 0. The number of allylic oxidation sites excluding steroid dienone is 8. The topological polar surface area (TPSA) is 148 Å². The zero-order valence-corrected chi connectivity index (χ0v) is 20.3. The first-order valence-corrected chi connectivity index (χ1v) is 12.1. The summed E-state index contributed by atoms with van der Waals surface area (Å²) in [6.07, 6.45) is 20.3. The number of unbranched alkanes of at least 4 members (excludes halogenated alkanes) is 4. The van der Waals surface area contributed by atoms with Gasteiger partial charge in [0.15, 0.2) is 6.29 Å². The molecule has 0 saturated carbocycles. The predicted octanol–water partition coefficient (Wildman–Crippen LogP) is 3.00. The van der Waals surface area contributed by atoms with E-state index in [0.717, 1.165) is 32.1 Å². The van der Waals surface area contributed by atoms with Crippen molar-refractivity contribution >= 4 is 5.97 Å². The number of carbonyl (C=O) groups is 1. The molecule has 0 radical (unpaired) electrons. The van der Waals surface area contributed by atoms with Crippen LogP contribution in [0.25, 0.3) is 0 Å². The Morgan fingerprint density at radius 3 is 1.71 bits per heavy atom. The maximum Gasteiger partial charge on any atom is 0.303 e. The predicted molar refractivity (Wildman–Crippen MR) is 132 cm³/mol. The molecule has 0 amide bonds. The highest BCUT2D eigenvalue weighted by Crippen LogP contribution is 2.19. The van der Waals surface area contributed by atoms with E-state index in [0.29, 0.717) is 0 Å². The van der Waals surface area contributed by atoms with Crippen molar-refractivity contribution in [1.82, 2.24) is 0 Å². The Labute approximate surface area is 203 Å². The second-order valence-corrected chi connectivity index (χ2v) is 8.09. The second kappa shape index (κ2) is 21.7. The van der Waals surface area contributed by atoms with E-state index in [1.807, 2.05) is 0 Å². The molecular formula is C26H44O8. The average Bonchev–Trinajstić information content (AvgIpc) is 2.82. The van der Waals surface area contributed by atoms with Crippen molar-refractivity contribution in [3.8, 4) is 0 Å². The van der Waals surface area contributed by atoms with Crippen molar-refractivity contribution < 1.29 is 40.2 Å². The van der Waals surface area contributed by atoms with Crippen LogP contribution in [-0.4, -0.2) is 73.9 Å². The summed E-state index contributed by atoms with van der Waals surface area (Å²) in [5, 5.41) is 53.2.